The summed E-state index contributed by atoms with van der Waals surface area (Å²) in [6.07, 6.45) is 6.34. The number of rotatable bonds is 7. The fourth-order valence-corrected chi connectivity index (χ4v) is 6.37. The second kappa shape index (κ2) is 10.7. The van der Waals surface area contributed by atoms with Crippen LogP contribution >= 0.6 is 0 Å². The highest BCUT2D eigenvalue weighted by Crippen LogP contribution is 2.26. The van der Waals surface area contributed by atoms with E-state index >= 15 is 0 Å². The average molecular weight is 472 g/mol. The molecule has 1 saturated heterocycles. The second-order valence-corrected chi connectivity index (χ2v) is 11.0. The Morgan fingerprint density at radius 2 is 1.36 bits per heavy atom. The lowest BCUT2D eigenvalue weighted by Gasteiger charge is -2.30. The Labute approximate surface area is 196 Å². The quantitative estimate of drug-likeness (QED) is 0.607. The first-order valence-corrected chi connectivity index (χ1v) is 13.4. The van der Waals surface area contributed by atoms with Crippen LogP contribution in [-0.4, -0.2) is 50.7 Å². The molecule has 0 unspecified atom stereocenters. The molecule has 2 fully saturated rings. The Balaban J connectivity index is 1.23. The van der Waals surface area contributed by atoms with Crippen LogP contribution in [0.2, 0.25) is 0 Å². The smallest absolute Gasteiger partial charge is 0.243 e. The molecule has 2 aromatic rings. The number of amides is 2. The van der Waals surface area contributed by atoms with Crippen LogP contribution in [0.1, 0.15) is 44.9 Å². The molecular weight excluding hydrogens is 438 g/mol. The summed E-state index contributed by atoms with van der Waals surface area (Å²) in [5, 5.41) is 7.72. The lowest BCUT2D eigenvalue weighted by atomic mass is 9.89. The molecule has 0 radical (unpaired) electrons. The van der Waals surface area contributed by atoms with E-state index in [4.69, 9.17) is 0 Å². The van der Waals surface area contributed by atoms with E-state index in [-0.39, 0.29) is 28.5 Å². The topological polar surface area (TPSA) is 95.6 Å². The minimum absolute atomic E-state index is 0.0651. The third-order valence-electron chi connectivity index (χ3n) is 6.88. The van der Waals surface area contributed by atoms with Crippen molar-refractivity contribution in [3.63, 3.8) is 0 Å². The molecule has 2 aliphatic rings. The predicted molar refractivity (Wildman–Crippen MR) is 128 cm³/mol. The molecule has 1 aliphatic carbocycles. The van der Waals surface area contributed by atoms with Gasteiger partial charge in [-0.2, -0.15) is 4.31 Å². The van der Waals surface area contributed by atoms with Crippen molar-refractivity contribution in [2.75, 3.05) is 26.2 Å². The normalized spacial score (nSPS) is 18.8. The van der Waals surface area contributed by atoms with Crippen LogP contribution in [-0.2, 0) is 19.6 Å². The molecule has 0 spiro atoms. The van der Waals surface area contributed by atoms with Gasteiger partial charge in [-0.1, -0.05) is 49.6 Å². The Morgan fingerprint density at radius 1 is 0.788 bits per heavy atom. The summed E-state index contributed by atoms with van der Waals surface area (Å²) in [4.78, 5) is 25.0. The van der Waals surface area contributed by atoms with E-state index in [9.17, 15) is 18.0 Å². The van der Waals surface area contributed by atoms with Gasteiger partial charge in [0.15, 0.2) is 0 Å². The largest absolute Gasteiger partial charge is 0.354 e. The zero-order valence-electron chi connectivity index (χ0n) is 19.0. The van der Waals surface area contributed by atoms with E-state index in [1.165, 1.54) is 10.7 Å². The molecule has 1 aliphatic heterocycles. The molecule has 4 rings (SSSR count). The summed E-state index contributed by atoms with van der Waals surface area (Å²) in [6.45, 7) is 1.47. The summed E-state index contributed by atoms with van der Waals surface area (Å²) in [7, 11) is -3.59. The van der Waals surface area contributed by atoms with Crippen LogP contribution in [0.5, 0.6) is 0 Å². The Bertz CT molecular complexity index is 1090. The predicted octanol–water partition coefficient (Wildman–Crippen LogP) is 3.05. The zero-order chi connectivity index (χ0) is 23.3. The molecule has 0 aromatic heterocycles. The first-order valence-electron chi connectivity index (χ1n) is 12.0. The fourth-order valence-electron chi connectivity index (χ4n) is 4.86. The molecule has 178 valence electrons. The molecule has 0 atom stereocenters. The van der Waals surface area contributed by atoms with Crippen molar-refractivity contribution >= 4 is 32.6 Å². The average Bonchev–Trinajstić information content (AvgIpc) is 2.86. The molecule has 2 amide bonds. The number of fused-ring (bicyclic) bond motifs is 1. The van der Waals surface area contributed by atoms with Crippen LogP contribution in [0, 0.1) is 11.8 Å². The second-order valence-electron chi connectivity index (χ2n) is 9.10. The number of sulfonamides is 1. The molecule has 0 bridgehead atoms. The van der Waals surface area contributed by atoms with E-state index in [2.05, 4.69) is 10.6 Å². The molecule has 2 aromatic carbocycles. The van der Waals surface area contributed by atoms with E-state index < -0.39 is 10.0 Å². The summed E-state index contributed by atoms with van der Waals surface area (Å²) in [5.74, 6) is -0.0637. The van der Waals surface area contributed by atoms with Gasteiger partial charge in [0.25, 0.3) is 0 Å². The number of carbonyl (C=O) groups excluding carboxylic acids is 2. The Kier molecular flexibility index (Phi) is 7.65. The molecule has 8 heteroatoms. The van der Waals surface area contributed by atoms with E-state index in [0.29, 0.717) is 39.0 Å². The van der Waals surface area contributed by atoms with Crippen LogP contribution in [0.4, 0.5) is 0 Å². The van der Waals surface area contributed by atoms with Gasteiger partial charge in [-0.25, -0.2) is 8.42 Å². The van der Waals surface area contributed by atoms with Crippen LogP contribution in [0.3, 0.4) is 0 Å². The lowest BCUT2D eigenvalue weighted by molar-refractivity contribution is -0.127. The summed E-state index contributed by atoms with van der Waals surface area (Å²) >= 11 is 0. The summed E-state index contributed by atoms with van der Waals surface area (Å²) in [6, 6.07) is 12.9. The number of hydrogen-bond donors (Lipinski definition) is 2. The molecule has 7 nitrogen and oxygen atoms in total. The summed E-state index contributed by atoms with van der Waals surface area (Å²) < 4.78 is 27.7. The maximum Gasteiger partial charge on any atom is 0.243 e. The first kappa shape index (κ1) is 23.7. The number of carbonyl (C=O) groups is 2. The Morgan fingerprint density at radius 3 is 2.00 bits per heavy atom. The van der Waals surface area contributed by atoms with Gasteiger partial charge in [0, 0.05) is 38.0 Å². The summed E-state index contributed by atoms with van der Waals surface area (Å²) in [5.41, 5.74) is 0. The molecule has 33 heavy (non-hydrogen) atoms. The third-order valence-corrected chi connectivity index (χ3v) is 8.78. The van der Waals surface area contributed by atoms with Gasteiger partial charge in [0.05, 0.1) is 4.90 Å². The maximum atomic E-state index is 13.1. The number of nitrogens with one attached hydrogen (secondary N) is 2. The van der Waals surface area contributed by atoms with Crippen LogP contribution in [0.25, 0.3) is 10.8 Å². The molecule has 1 heterocycles. The van der Waals surface area contributed by atoms with E-state index in [1.54, 1.807) is 12.1 Å². The molecule has 2 N–H and O–H groups in total. The SMILES string of the molecule is O=C(NCCNC(=O)C1CCN(S(=O)(=O)c2ccc3ccccc3c2)CC1)C1CCCCC1. The highest BCUT2D eigenvalue weighted by molar-refractivity contribution is 7.89. The van der Waals surface area contributed by atoms with Crippen LogP contribution < -0.4 is 10.6 Å². The third kappa shape index (κ3) is 5.73. The van der Waals surface area contributed by atoms with Crippen LogP contribution in [0.15, 0.2) is 47.4 Å². The van der Waals surface area contributed by atoms with Gasteiger partial charge < -0.3 is 10.6 Å². The molecular formula is C25H33N3O4S. The minimum Gasteiger partial charge on any atom is -0.354 e. The standard InChI is InChI=1S/C25H33N3O4S/c29-24(20-7-2-1-3-8-20)26-14-15-27-25(30)21-12-16-28(17-13-21)33(31,32)23-11-10-19-6-4-5-9-22(19)18-23/h4-6,9-11,18,20-21H,1-3,7-8,12-17H2,(H,26,29)(H,27,30). The van der Waals surface area contributed by atoms with Crippen molar-refractivity contribution in [2.45, 2.75) is 49.8 Å². The van der Waals surface area contributed by atoms with E-state index in [0.717, 1.165) is 36.5 Å². The Hall–Kier alpha value is -2.45. The van der Waals surface area contributed by atoms with Crippen molar-refractivity contribution in [1.29, 1.82) is 0 Å². The lowest BCUT2D eigenvalue weighted by Crippen LogP contribution is -2.44. The number of piperidine rings is 1. The number of hydrogen-bond acceptors (Lipinski definition) is 4. The highest BCUT2D eigenvalue weighted by Gasteiger charge is 2.32. The fraction of sp³-hybridized carbons (Fsp3) is 0.520. The maximum absolute atomic E-state index is 13.1. The minimum atomic E-state index is -3.59. The van der Waals surface area contributed by atoms with Gasteiger partial charge in [-0.15, -0.1) is 0 Å². The van der Waals surface area contributed by atoms with Crippen molar-refractivity contribution in [2.24, 2.45) is 11.8 Å². The van der Waals surface area contributed by atoms with Gasteiger partial charge in [0.2, 0.25) is 21.8 Å². The number of nitrogens with zero attached hydrogens (tertiary/aromatic N) is 1. The van der Waals surface area contributed by atoms with Gasteiger partial charge in [0.1, 0.15) is 0 Å². The van der Waals surface area contributed by atoms with Crippen molar-refractivity contribution in [3.8, 4) is 0 Å². The zero-order valence-corrected chi connectivity index (χ0v) is 19.8. The van der Waals surface area contributed by atoms with Crippen molar-refractivity contribution < 1.29 is 18.0 Å². The first-order chi connectivity index (χ1) is 15.9. The number of benzene rings is 2. The van der Waals surface area contributed by atoms with Gasteiger partial charge >= 0.3 is 0 Å². The monoisotopic (exact) mass is 471 g/mol. The highest BCUT2D eigenvalue weighted by atomic mass is 32.2. The van der Waals surface area contributed by atoms with Gasteiger partial charge in [-0.3, -0.25) is 9.59 Å². The van der Waals surface area contributed by atoms with Gasteiger partial charge in [-0.05, 0) is 48.6 Å². The van der Waals surface area contributed by atoms with Crippen molar-refractivity contribution in [3.05, 3.63) is 42.5 Å². The van der Waals surface area contributed by atoms with E-state index in [1.807, 2.05) is 30.3 Å². The molecule has 1 saturated carbocycles. The van der Waals surface area contributed by atoms with Crippen molar-refractivity contribution in [1.82, 2.24) is 14.9 Å².